The highest BCUT2D eigenvalue weighted by atomic mass is 32.1. The number of guanidine groups is 1. The number of hydrogen-bond donors (Lipinski definition) is 2. The summed E-state index contributed by atoms with van der Waals surface area (Å²) in [6.45, 7) is 15.1. The zero-order chi connectivity index (χ0) is 21.2. The van der Waals surface area contributed by atoms with Gasteiger partial charge in [-0.05, 0) is 71.5 Å². The molecule has 3 heterocycles. The van der Waals surface area contributed by atoms with Gasteiger partial charge in [0, 0.05) is 44.1 Å². The van der Waals surface area contributed by atoms with Crippen molar-refractivity contribution >= 4 is 17.3 Å². The van der Waals surface area contributed by atoms with Gasteiger partial charge in [0.1, 0.15) is 0 Å². The SMILES string of the molecule is CCNC(=NCC1CCN(Cc2csc(C)n2)CC1)NCCN1CCCCC1CC. The van der Waals surface area contributed by atoms with Crippen LogP contribution in [-0.4, -0.2) is 72.6 Å². The summed E-state index contributed by atoms with van der Waals surface area (Å²) in [6, 6.07) is 0.776. The van der Waals surface area contributed by atoms with Crippen LogP contribution >= 0.6 is 11.3 Å². The maximum atomic E-state index is 4.92. The third-order valence-electron chi connectivity index (χ3n) is 6.52. The summed E-state index contributed by atoms with van der Waals surface area (Å²) in [5, 5.41) is 10.4. The van der Waals surface area contributed by atoms with Crippen LogP contribution in [0.5, 0.6) is 0 Å². The monoisotopic (exact) mass is 434 g/mol. The van der Waals surface area contributed by atoms with Crippen molar-refractivity contribution in [3.63, 3.8) is 0 Å². The summed E-state index contributed by atoms with van der Waals surface area (Å²) in [5.41, 5.74) is 1.23. The molecule has 2 saturated heterocycles. The van der Waals surface area contributed by atoms with E-state index >= 15 is 0 Å². The van der Waals surface area contributed by atoms with Crippen LogP contribution in [0, 0.1) is 12.8 Å². The largest absolute Gasteiger partial charge is 0.357 e. The van der Waals surface area contributed by atoms with E-state index in [-0.39, 0.29) is 0 Å². The molecule has 170 valence electrons. The molecule has 2 aliphatic heterocycles. The molecule has 0 amide bonds. The normalized spacial score (nSPS) is 22.4. The fraction of sp³-hybridized carbons (Fsp3) is 0.826. The molecule has 1 atom stereocenters. The van der Waals surface area contributed by atoms with Gasteiger partial charge in [-0.25, -0.2) is 4.98 Å². The van der Waals surface area contributed by atoms with Gasteiger partial charge >= 0.3 is 0 Å². The molecule has 2 fully saturated rings. The summed E-state index contributed by atoms with van der Waals surface area (Å²) in [6.07, 6.45) is 7.86. The van der Waals surface area contributed by atoms with Gasteiger partial charge < -0.3 is 10.6 Å². The van der Waals surface area contributed by atoms with Crippen LogP contribution in [0.25, 0.3) is 0 Å². The Morgan fingerprint density at radius 3 is 2.70 bits per heavy atom. The summed E-state index contributed by atoms with van der Waals surface area (Å²) < 4.78 is 0. The van der Waals surface area contributed by atoms with E-state index < -0.39 is 0 Å². The lowest BCUT2D eigenvalue weighted by molar-refractivity contribution is 0.147. The molecule has 1 aromatic heterocycles. The molecule has 7 heteroatoms. The van der Waals surface area contributed by atoms with Crippen LogP contribution < -0.4 is 10.6 Å². The number of piperidine rings is 2. The van der Waals surface area contributed by atoms with Crippen molar-refractivity contribution in [3.05, 3.63) is 16.1 Å². The maximum absolute atomic E-state index is 4.92. The minimum absolute atomic E-state index is 0.695. The van der Waals surface area contributed by atoms with E-state index in [9.17, 15) is 0 Å². The molecule has 1 aromatic rings. The van der Waals surface area contributed by atoms with Crippen LogP contribution in [0.1, 0.15) is 63.1 Å². The van der Waals surface area contributed by atoms with E-state index in [0.29, 0.717) is 5.92 Å². The summed E-state index contributed by atoms with van der Waals surface area (Å²) in [5.74, 6) is 1.68. The van der Waals surface area contributed by atoms with Gasteiger partial charge in [0.05, 0.1) is 10.7 Å². The van der Waals surface area contributed by atoms with Crippen molar-refractivity contribution in [2.45, 2.75) is 71.9 Å². The number of aryl methyl sites for hydroxylation is 1. The van der Waals surface area contributed by atoms with Crippen molar-refractivity contribution in [1.82, 2.24) is 25.4 Å². The Morgan fingerprint density at radius 2 is 2.00 bits per heavy atom. The van der Waals surface area contributed by atoms with Gasteiger partial charge in [-0.1, -0.05) is 13.3 Å². The molecule has 1 unspecified atom stereocenters. The third kappa shape index (κ3) is 7.50. The van der Waals surface area contributed by atoms with Gasteiger partial charge in [-0.2, -0.15) is 0 Å². The Bertz CT molecular complexity index is 637. The van der Waals surface area contributed by atoms with Gasteiger partial charge in [-0.15, -0.1) is 11.3 Å². The van der Waals surface area contributed by atoms with E-state index in [2.05, 4.69) is 51.6 Å². The fourth-order valence-electron chi connectivity index (χ4n) is 4.73. The molecular formula is C23H42N6S. The van der Waals surface area contributed by atoms with Crippen LogP contribution in [0.4, 0.5) is 0 Å². The predicted molar refractivity (Wildman–Crippen MR) is 128 cm³/mol. The molecule has 2 aliphatic rings. The lowest BCUT2D eigenvalue weighted by Gasteiger charge is -2.35. The minimum atomic E-state index is 0.695. The number of likely N-dealkylation sites (tertiary alicyclic amines) is 2. The van der Waals surface area contributed by atoms with Crippen molar-refractivity contribution in [2.75, 3.05) is 45.8 Å². The Kier molecular flexibility index (Phi) is 9.88. The first-order valence-corrected chi connectivity index (χ1v) is 13.0. The average Bonchev–Trinajstić information content (AvgIpc) is 3.18. The van der Waals surface area contributed by atoms with Crippen molar-refractivity contribution < 1.29 is 0 Å². The molecule has 0 aromatic carbocycles. The van der Waals surface area contributed by atoms with E-state index in [0.717, 1.165) is 57.8 Å². The lowest BCUT2D eigenvalue weighted by Crippen LogP contribution is -2.46. The number of nitrogens with zero attached hydrogens (tertiary/aromatic N) is 4. The highest BCUT2D eigenvalue weighted by molar-refractivity contribution is 7.09. The highest BCUT2D eigenvalue weighted by Gasteiger charge is 2.21. The second kappa shape index (κ2) is 12.6. The van der Waals surface area contributed by atoms with E-state index in [1.165, 1.54) is 55.8 Å². The van der Waals surface area contributed by atoms with Crippen LogP contribution in [-0.2, 0) is 6.54 Å². The van der Waals surface area contributed by atoms with Gasteiger partial charge in [0.2, 0.25) is 0 Å². The number of aliphatic imine (C=N–C) groups is 1. The second-order valence-corrected chi connectivity index (χ2v) is 9.88. The Hall–Kier alpha value is -1.18. The average molecular weight is 435 g/mol. The molecule has 0 radical (unpaired) electrons. The number of nitrogens with one attached hydrogen (secondary N) is 2. The molecule has 30 heavy (non-hydrogen) atoms. The topological polar surface area (TPSA) is 55.8 Å². The minimum Gasteiger partial charge on any atom is -0.357 e. The van der Waals surface area contributed by atoms with Crippen molar-refractivity contribution in [2.24, 2.45) is 10.9 Å². The molecule has 0 saturated carbocycles. The summed E-state index contributed by atoms with van der Waals surface area (Å²) in [7, 11) is 0. The number of hydrogen-bond acceptors (Lipinski definition) is 5. The first kappa shape index (κ1) is 23.5. The van der Waals surface area contributed by atoms with Crippen LogP contribution in [0.3, 0.4) is 0 Å². The Labute approximate surface area is 187 Å². The van der Waals surface area contributed by atoms with E-state index in [4.69, 9.17) is 4.99 Å². The lowest BCUT2D eigenvalue weighted by atomic mass is 9.97. The predicted octanol–water partition coefficient (Wildman–Crippen LogP) is 3.48. The van der Waals surface area contributed by atoms with Crippen LogP contribution in [0.2, 0.25) is 0 Å². The number of thiazole rings is 1. The summed E-state index contributed by atoms with van der Waals surface area (Å²) >= 11 is 1.75. The van der Waals surface area contributed by atoms with Gasteiger partial charge in [0.25, 0.3) is 0 Å². The van der Waals surface area contributed by atoms with Gasteiger partial charge in [0.15, 0.2) is 5.96 Å². The second-order valence-electron chi connectivity index (χ2n) is 8.82. The number of aromatic nitrogens is 1. The van der Waals surface area contributed by atoms with Gasteiger partial charge in [-0.3, -0.25) is 14.8 Å². The highest BCUT2D eigenvalue weighted by Crippen LogP contribution is 2.20. The fourth-order valence-corrected chi connectivity index (χ4v) is 5.34. The molecule has 0 aliphatic carbocycles. The van der Waals surface area contributed by atoms with E-state index in [1.807, 2.05) is 0 Å². The van der Waals surface area contributed by atoms with Crippen molar-refractivity contribution in [1.29, 1.82) is 0 Å². The Balaban J connectivity index is 1.38. The molecule has 6 nitrogen and oxygen atoms in total. The van der Waals surface area contributed by atoms with Crippen LogP contribution in [0.15, 0.2) is 10.4 Å². The standard InChI is InChI=1S/C23H42N6S/c1-4-22-8-6-7-12-29(22)15-11-25-23(24-5-2)26-16-20-9-13-28(14-10-20)17-21-18-30-19(3)27-21/h18,20,22H,4-17H2,1-3H3,(H2,24,25,26). The smallest absolute Gasteiger partial charge is 0.191 e. The van der Waals surface area contributed by atoms with E-state index in [1.54, 1.807) is 11.3 Å². The first-order chi connectivity index (χ1) is 14.7. The third-order valence-corrected chi connectivity index (χ3v) is 7.35. The summed E-state index contributed by atoms with van der Waals surface area (Å²) in [4.78, 5) is 14.7. The quantitative estimate of drug-likeness (QED) is 0.460. The zero-order valence-corrected chi connectivity index (χ0v) is 20.1. The molecule has 0 bridgehead atoms. The zero-order valence-electron chi connectivity index (χ0n) is 19.3. The Morgan fingerprint density at radius 1 is 1.17 bits per heavy atom. The molecular weight excluding hydrogens is 392 g/mol. The molecule has 2 N–H and O–H groups in total. The first-order valence-electron chi connectivity index (χ1n) is 12.1. The van der Waals surface area contributed by atoms with Crippen molar-refractivity contribution in [3.8, 4) is 0 Å². The maximum Gasteiger partial charge on any atom is 0.191 e. The molecule has 0 spiro atoms. The number of rotatable bonds is 9. The molecule has 3 rings (SSSR count).